The van der Waals surface area contributed by atoms with Gasteiger partial charge in [0.1, 0.15) is 11.4 Å². The summed E-state index contributed by atoms with van der Waals surface area (Å²) in [6.07, 6.45) is 9.65. The van der Waals surface area contributed by atoms with E-state index >= 15 is 0 Å². The molecule has 32 heavy (non-hydrogen) atoms. The summed E-state index contributed by atoms with van der Waals surface area (Å²) in [7, 11) is 4.13. The molecule has 1 amide bonds. The number of rotatable bonds is 6. The average molecular weight is 461 g/mol. The second-order valence-electron chi connectivity index (χ2n) is 9.23. The normalized spacial score (nSPS) is 18.1. The van der Waals surface area contributed by atoms with Gasteiger partial charge in [0.05, 0.1) is 12.3 Å². The van der Waals surface area contributed by atoms with Crippen LogP contribution in [0, 0.1) is 0 Å². The maximum absolute atomic E-state index is 12.6. The Morgan fingerprint density at radius 3 is 2.38 bits per heavy atom. The maximum atomic E-state index is 12.6. The van der Waals surface area contributed by atoms with Crippen LogP contribution in [0.15, 0.2) is 58.4 Å². The molecule has 0 aromatic heterocycles. The van der Waals surface area contributed by atoms with E-state index in [0.29, 0.717) is 19.7 Å². The third-order valence-electron chi connectivity index (χ3n) is 5.25. The molecule has 178 valence electrons. The van der Waals surface area contributed by atoms with Crippen molar-refractivity contribution in [3.63, 3.8) is 0 Å². The zero-order valence-electron chi connectivity index (χ0n) is 20.7. The van der Waals surface area contributed by atoms with Gasteiger partial charge >= 0.3 is 6.09 Å². The molecule has 0 aliphatic carbocycles. The highest BCUT2D eigenvalue weighted by atomic mass is 32.2. The van der Waals surface area contributed by atoms with Gasteiger partial charge < -0.3 is 19.3 Å². The maximum Gasteiger partial charge on any atom is 0.410 e. The summed E-state index contributed by atoms with van der Waals surface area (Å²) in [4.78, 5) is 16.6. The number of hydrogen-bond donors (Lipinski definition) is 0. The lowest BCUT2D eigenvalue weighted by Gasteiger charge is -2.31. The first-order valence-electron chi connectivity index (χ1n) is 11.5. The van der Waals surface area contributed by atoms with Crippen LogP contribution >= 0.6 is 11.8 Å². The molecule has 2 aliphatic rings. The Bertz CT molecular complexity index is 788. The highest BCUT2D eigenvalue weighted by molar-refractivity contribution is 8.02. The van der Waals surface area contributed by atoms with E-state index in [9.17, 15) is 4.79 Å². The average Bonchev–Trinajstić information content (AvgIpc) is 2.70. The predicted molar refractivity (Wildman–Crippen MR) is 136 cm³/mol. The second kappa shape index (κ2) is 12.2. The molecule has 0 N–H and O–H groups in total. The van der Waals surface area contributed by atoms with Gasteiger partial charge in [-0.25, -0.2) is 4.79 Å². The second-order valence-corrected chi connectivity index (χ2v) is 10.1. The molecule has 1 saturated heterocycles. The molecular weight excluding hydrogens is 420 g/mol. The van der Waals surface area contributed by atoms with Crippen molar-refractivity contribution in [3.8, 4) is 0 Å². The molecule has 0 unspecified atom stereocenters. The van der Waals surface area contributed by atoms with Crippen LogP contribution in [0.25, 0.3) is 0 Å². The van der Waals surface area contributed by atoms with E-state index in [2.05, 4.69) is 43.1 Å². The Labute approximate surface area is 198 Å². The van der Waals surface area contributed by atoms with Crippen molar-refractivity contribution in [1.29, 1.82) is 0 Å². The zero-order chi connectivity index (χ0) is 23.7. The molecule has 2 heterocycles. The van der Waals surface area contributed by atoms with Crippen LogP contribution in [0.1, 0.15) is 53.4 Å². The van der Waals surface area contributed by atoms with Crippen LogP contribution in [0.4, 0.5) is 4.79 Å². The van der Waals surface area contributed by atoms with Gasteiger partial charge in [-0.3, -0.25) is 0 Å². The highest BCUT2D eigenvalue weighted by Gasteiger charge is 2.26. The summed E-state index contributed by atoms with van der Waals surface area (Å²) in [6, 6.07) is 0. The number of thioether (sulfide) groups is 1. The number of carbonyl (C=O) groups is 1. The van der Waals surface area contributed by atoms with Gasteiger partial charge in [-0.1, -0.05) is 24.3 Å². The molecule has 0 aromatic rings. The number of nitrogens with zero attached hydrogens (tertiary/aromatic N) is 2. The van der Waals surface area contributed by atoms with Gasteiger partial charge in [0, 0.05) is 38.5 Å². The van der Waals surface area contributed by atoms with E-state index < -0.39 is 5.60 Å². The molecule has 2 rings (SSSR count). The third kappa shape index (κ3) is 7.51. The molecule has 0 aromatic carbocycles. The number of carbonyl (C=O) groups excluding carboxylic acids is 1. The molecule has 2 aliphatic heterocycles. The van der Waals surface area contributed by atoms with Gasteiger partial charge in [0.15, 0.2) is 0 Å². The van der Waals surface area contributed by atoms with Crippen LogP contribution < -0.4 is 0 Å². The molecule has 0 atom stereocenters. The van der Waals surface area contributed by atoms with Crippen LogP contribution in [-0.2, 0) is 9.47 Å². The van der Waals surface area contributed by atoms with Gasteiger partial charge in [-0.15, -0.1) is 11.8 Å². The number of amides is 1. The Hall–Kier alpha value is -2.08. The summed E-state index contributed by atoms with van der Waals surface area (Å²) in [5.41, 5.74) is 4.64. The minimum atomic E-state index is -0.470. The number of allylic oxidation sites excluding steroid dienone is 5. The van der Waals surface area contributed by atoms with Crippen molar-refractivity contribution in [2.45, 2.75) is 59.0 Å². The number of likely N-dealkylation sites (tertiary alicyclic amines) is 1. The van der Waals surface area contributed by atoms with Crippen molar-refractivity contribution in [2.24, 2.45) is 0 Å². The van der Waals surface area contributed by atoms with E-state index in [4.69, 9.17) is 9.47 Å². The van der Waals surface area contributed by atoms with E-state index in [1.165, 1.54) is 16.7 Å². The molecule has 0 bridgehead atoms. The standard InChI is InChI=1S/C26H40N2O3S/c1-8-22(30-9-2)24(27(6)7)23(21-15-12-18-32-19-21)20-13-10-16-28(17-11-14-20)25(29)31-26(3,4)5/h8,12,15,18H,1,9-11,13-14,16-17,19H2,2-7H3/b24-22-. The summed E-state index contributed by atoms with van der Waals surface area (Å²) >= 11 is 1.82. The Kier molecular flexibility index (Phi) is 10.0. The summed E-state index contributed by atoms with van der Waals surface area (Å²) in [6.45, 7) is 13.8. The summed E-state index contributed by atoms with van der Waals surface area (Å²) in [5.74, 6) is 1.76. The molecule has 6 heteroatoms. The molecule has 5 nitrogen and oxygen atoms in total. The van der Waals surface area contributed by atoms with E-state index in [1.54, 1.807) is 0 Å². The van der Waals surface area contributed by atoms with Crippen molar-refractivity contribution >= 4 is 17.9 Å². The fraction of sp³-hybridized carbons (Fsp3) is 0.577. The minimum Gasteiger partial charge on any atom is -0.492 e. The lowest BCUT2D eigenvalue weighted by Crippen LogP contribution is -2.38. The van der Waals surface area contributed by atoms with Gasteiger partial charge in [0.2, 0.25) is 0 Å². The van der Waals surface area contributed by atoms with Crippen molar-refractivity contribution in [1.82, 2.24) is 9.80 Å². The lowest BCUT2D eigenvalue weighted by molar-refractivity contribution is 0.0241. The van der Waals surface area contributed by atoms with Gasteiger partial charge in [-0.05, 0) is 70.4 Å². The van der Waals surface area contributed by atoms with Gasteiger partial charge in [-0.2, -0.15) is 0 Å². The van der Waals surface area contributed by atoms with Crippen LogP contribution in [0.5, 0.6) is 0 Å². The zero-order valence-corrected chi connectivity index (χ0v) is 21.5. The first kappa shape index (κ1) is 26.2. The molecule has 0 spiro atoms. The molecule has 1 fully saturated rings. The summed E-state index contributed by atoms with van der Waals surface area (Å²) < 4.78 is 11.6. The fourth-order valence-corrected chi connectivity index (χ4v) is 4.71. The third-order valence-corrected chi connectivity index (χ3v) is 6.08. The Balaban J connectivity index is 2.40. The first-order chi connectivity index (χ1) is 15.2. The van der Waals surface area contributed by atoms with E-state index in [-0.39, 0.29) is 6.09 Å². The quantitative estimate of drug-likeness (QED) is 0.345. The largest absolute Gasteiger partial charge is 0.492 e. The Morgan fingerprint density at radius 1 is 1.25 bits per heavy atom. The first-order valence-corrected chi connectivity index (χ1v) is 12.6. The lowest BCUT2D eigenvalue weighted by atomic mass is 9.89. The van der Waals surface area contributed by atoms with Crippen LogP contribution in [0.3, 0.4) is 0 Å². The van der Waals surface area contributed by atoms with Gasteiger partial charge in [0.25, 0.3) is 0 Å². The van der Waals surface area contributed by atoms with E-state index in [0.717, 1.165) is 42.9 Å². The molecule has 0 saturated carbocycles. The molecule has 0 radical (unpaired) electrons. The summed E-state index contributed by atoms with van der Waals surface area (Å²) in [5, 5.41) is 2.14. The molecular formula is C26H40N2O3S. The predicted octanol–water partition coefficient (Wildman–Crippen LogP) is 6.28. The van der Waals surface area contributed by atoms with Crippen molar-refractivity contribution in [2.75, 3.05) is 39.5 Å². The SMILES string of the molecule is C=C/C(OCC)=C(\C(C1=CC=CSC1)=C1CCCN(C(=O)OC(C)(C)C)CCC1)N(C)C. The highest BCUT2D eigenvalue weighted by Crippen LogP contribution is 2.36. The number of ether oxygens (including phenoxy) is 2. The fourth-order valence-electron chi connectivity index (χ4n) is 4.01. The Morgan fingerprint density at radius 2 is 1.91 bits per heavy atom. The number of likely N-dealkylation sites (N-methyl/N-ethyl adjacent to an activating group) is 1. The van der Waals surface area contributed by atoms with Crippen LogP contribution in [0.2, 0.25) is 0 Å². The van der Waals surface area contributed by atoms with E-state index in [1.807, 2.05) is 50.4 Å². The van der Waals surface area contributed by atoms with Crippen LogP contribution in [-0.4, -0.2) is 61.0 Å². The minimum absolute atomic E-state index is 0.208. The smallest absolute Gasteiger partial charge is 0.410 e. The monoisotopic (exact) mass is 460 g/mol. The van der Waals surface area contributed by atoms with Crippen molar-refractivity contribution < 1.29 is 14.3 Å². The topological polar surface area (TPSA) is 42.0 Å². The number of hydrogen-bond acceptors (Lipinski definition) is 5. The van der Waals surface area contributed by atoms with Crippen molar-refractivity contribution in [3.05, 3.63) is 58.4 Å².